The molecule has 0 saturated heterocycles. The summed E-state index contributed by atoms with van der Waals surface area (Å²) >= 11 is 0. The smallest absolute Gasteiger partial charge is 0.180 e. The molecule has 0 heterocycles. The van der Waals surface area contributed by atoms with Crippen LogP contribution in [0.3, 0.4) is 0 Å². The van der Waals surface area contributed by atoms with Crippen molar-refractivity contribution in [3.63, 3.8) is 0 Å². The van der Waals surface area contributed by atoms with Crippen LogP contribution in [-0.2, 0) is 4.79 Å². The Kier molecular flexibility index (Phi) is 3.35. The second-order valence-electron chi connectivity index (χ2n) is 1.61. The van der Waals surface area contributed by atoms with E-state index in [9.17, 15) is 9.18 Å². The minimum absolute atomic E-state index is 0.507. The lowest BCUT2D eigenvalue weighted by Gasteiger charge is -2.00. The van der Waals surface area contributed by atoms with Crippen LogP contribution in [0.25, 0.3) is 0 Å². The van der Waals surface area contributed by atoms with Gasteiger partial charge >= 0.3 is 0 Å². The topological polar surface area (TPSA) is 43.1 Å². The minimum atomic E-state index is -0.936. The Balaban J connectivity index is 3.46. The molecule has 0 aromatic heterocycles. The monoisotopic (exact) mass is 119 g/mol. The van der Waals surface area contributed by atoms with Crippen molar-refractivity contribution >= 4 is 5.78 Å². The van der Waals surface area contributed by atoms with E-state index in [1.54, 1.807) is 6.92 Å². The first-order valence-electron chi connectivity index (χ1n) is 2.56. The number of rotatable bonds is 3. The van der Waals surface area contributed by atoms with Gasteiger partial charge < -0.3 is 5.73 Å². The molecule has 1 atom stereocenters. The van der Waals surface area contributed by atoms with Gasteiger partial charge in [-0.25, -0.2) is 4.39 Å². The summed E-state index contributed by atoms with van der Waals surface area (Å²) in [5, 5.41) is 0. The number of Topliss-reactive ketones (excluding diaryl/α,β-unsaturated/α-hetero) is 1. The van der Waals surface area contributed by atoms with Crippen molar-refractivity contribution < 1.29 is 9.18 Å². The highest BCUT2D eigenvalue weighted by Crippen LogP contribution is 1.87. The highest BCUT2D eigenvalue weighted by Gasteiger charge is 2.08. The number of ketones is 1. The lowest BCUT2D eigenvalue weighted by atomic mass is 10.2. The zero-order chi connectivity index (χ0) is 6.57. The van der Waals surface area contributed by atoms with Gasteiger partial charge in [0, 0.05) is 0 Å². The maximum atomic E-state index is 11.4. The molecule has 2 nitrogen and oxygen atoms in total. The average molecular weight is 119 g/mol. The van der Waals surface area contributed by atoms with Crippen molar-refractivity contribution in [3.05, 3.63) is 0 Å². The number of hydrogen-bond acceptors (Lipinski definition) is 2. The van der Waals surface area contributed by atoms with Crippen LogP contribution in [0.15, 0.2) is 0 Å². The summed E-state index contributed by atoms with van der Waals surface area (Å²) in [6, 6.07) is -0.597. The quantitative estimate of drug-likeness (QED) is 0.579. The third-order valence-electron chi connectivity index (χ3n) is 0.985. The van der Waals surface area contributed by atoms with Gasteiger partial charge in [0.2, 0.25) is 0 Å². The molecule has 0 aromatic rings. The first kappa shape index (κ1) is 7.56. The van der Waals surface area contributed by atoms with E-state index in [1.165, 1.54) is 0 Å². The Bertz CT molecular complexity index is 84.5. The second kappa shape index (κ2) is 3.55. The van der Waals surface area contributed by atoms with Gasteiger partial charge in [-0.05, 0) is 6.42 Å². The number of carbonyl (C=O) groups excluding carboxylic acids is 1. The third kappa shape index (κ3) is 2.02. The molecule has 48 valence electrons. The van der Waals surface area contributed by atoms with Crippen LogP contribution in [0.4, 0.5) is 4.39 Å². The fourth-order valence-corrected chi connectivity index (χ4v) is 0.327. The molecule has 0 saturated carbocycles. The summed E-state index contributed by atoms with van der Waals surface area (Å²) in [7, 11) is 0. The van der Waals surface area contributed by atoms with E-state index in [0.717, 1.165) is 0 Å². The summed E-state index contributed by atoms with van der Waals surface area (Å²) in [6.45, 7) is 0.813. The van der Waals surface area contributed by atoms with E-state index in [-0.39, 0.29) is 0 Å². The molecule has 1 unspecified atom stereocenters. The molecule has 0 radical (unpaired) electrons. The van der Waals surface area contributed by atoms with Crippen molar-refractivity contribution in [2.45, 2.75) is 19.4 Å². The third-order valence-corrected chi connectivity index (χ3v) is 0.985. The van der Waals surface area contributed by atoms with Crippen LogP contribution < -0.4 is 5.73 Å². The number of alkyl halides is 1. The van der Waals surface area contributed by atoms with Crippen LogP contribution in [-0.4, -0.2) is 18.5 Å². The van der Waals surface area contributed by atoms with Crippen molar-refractivity contribution in [1.82, 2.24) is 0 Å². The Morgan fingerprint density at radius 2 is 2.38 bits per heavy atom. The van der Waals surface area contributed by atoms with Gasteiger partial charge in [0.1, 0.15) is 6.67 Å². The van der Waals surface area contributed by atoms with Crippen molar-refractivity contribution in [3.8, 4) is 0 Å². The minimum Gasteiger partial charge on any atom is -0.321 e. The molecule has 0 fully saturated rings. The standard InChI is InChI=1S/C5H10FNO/c1-2-4(7)5(8)3-6/h4H,2-3,7H2,1H3. The van der Waals surface area contributed by atoms with Gasteiger partial charge in [0.05, 0.1) is 6.04 Å². The van der Waals surface area contributed by atoms with E-state index >= 15 is 0 Å². The molecule has 0 spiro atoms. The lowest BCUT2D eigenvalue weighted by molar-refractivity contribution is -0.121. The first-order chi connectivity index (χ1) is 3.72. The Morgan fingerprint density at radius 1 is 1.88 bits per heavy atom. The van der Waals surface area contributed by atoms with Gasteiger partial charge in [0.15, 0.2) is 5.78 Å². The highest BCUT2D eigenvalue weighted by atomic mass is 19.1. The average Bonchev–Trinajstić information content (AvgIpc) is 1.84. The molecule has 3 heteroatoms. The lowest BCUT2D eigenvalue weighted by Crippen LogP contribution is -2.30. The molecule has 0 bridgehead atoms. The maximum absolute atomic E-state index is 11.4. The highest BCUT2D eigenvalue weighted by molar-refractivity contribution is 5.84. The molecular weight excluding hydrogens is 109 g/mol. The molecule has 8 heavy (non-hydrogen) atoms. The number of nitrogens with two attached hydrogens (primary N) is 1. The molecular formula is C5H10FNO. The molecule has 2 N–H and O–H groups in total. The molecule has 0 aliphatic carbocycles. The van der Waals surface area contributed by atoms with Crippen molar-refractivity contribution in [2.75, 3.05) is 6.67 Å². The van der Waals surface area contributed by atoms with Gasteiger partial charge in [-0.3, -0.25) is 4.79 Å². The maximum Gasteiger partial charge on any atom is 0.180 e. The van der Waals surface area contributed by atoms with Crippen LogP contribution >= 0.6 is 0 Å². The zero-order valence-electron chi connectivity index (χ0n) is 4.86. The Morgan fingerprint density at radius 3 is 2.50 bits per heavy atom. The van der Waals surface area contributed by atoms with Crippen molar-refractivity contribution in [2.24, 2.45) is 5.73 Å². The van der Waals surface area contributed by atoms with Gasteiger partial charge in [-0.15, -0.1) is 0 Å². The van der Waals surface area contributed by atoms with E-state index in [4.69, 9.17) is 5.73 Å². The van der Waals surface area contributed by atoms with Crippen LogP contribution in [0.5, 0.6) is 0 Å². The summed E-state index contributed by atoms with van der Waals surface area (Å²) < 4.78 is 11.4. The van der Waals surface area contributed by atoms with E-state index in [2.05, 4.69) is 0 Å². The molecule has 0 aliphatic heterocycles. The number of carbonyl (C=O) groups is 1. The first-order valence-corrected chi connectivity index (χ1v) is 2.56. The predicted octanol–water partition coefficient (Wildman–Crippen LogP) is 0.262. The van der Waals surface area contributed by atoms with Crippen molar-refractivity contribution in [1.29, 1.82) is 0 Å². The summed E-state index contributed by atoms with van der Waals surface area (Å²) in [4.78, 5) is 10.2. The van der Waals surface area contributed by atoms with Gasteiger partial charge in [0.25, 0.3) is 0 Å². The fourth-order valence-electron chi connectivity index (χ4n) is 0.327. The second-order valence-corrected chi connectivity index (χ2v) is 1.61. The van der Waals surface area contributed by atoms with E-state index in [0.29, 0.717) is 6.42 Å². The predicted molar refractivity (Wildman–Crippen MR) is 29.2 cm³/mol. The summed E-state index contributed by atoms with van der Waals surface area (Å²) in [5.41, 5.74) is 5.14. The Hall–Kier alpha value is -0.440. The SMILES string of the molecule is CCC(N)C(=O)CF. The summed E-state index contributed by atoms with van der Waals surface area (Å²) in [5.74, 6) is -0.507. The van der Waals surface area contributed by atoms with Gasteiger partial charge in [-0.2, -0.15) is 0 Å². The molecule has 0 aromatic carbocycles. The molecule has 0 rings (SSSR count). The Labute approximate surface area is 47.9 Å². The normalized spacial score (nSPS) is 13.4. The van der Waals surface area contributed by atoms with Crippen LogP contribution in [0.1, 0.15) is 13.3 Å². The largest absolute Gasteiger partial charge is 0.321 e. The van der Waals surface area contributed by atoms with Gasteiger partial charge in [-0.1, -0.05) is 6.92 Å². The van der Waals surface area contributed by atoms with Crippen LogP contribution in [0.2, 0.25) is 0 Å². The number of hydrogen-bond donors (Lipinski definition) is 1. The summed E-state index contributed by atoms with van der Waals surface area (Å²) in [6.07, 6.45) is 0.517. The molecule has 0 amide bonds. The molecule has 0 aliphatic rings. The fraction of sp³-hybridized carbons (Fsp3) is 0.800. The zero-order valence-corrected chi connectivity index (χ0v) is 4.86. The van der Waals surface area contributed by atoms with Crippen LogP contribution in [0, 0.1) is 0 Å². The van der Waals surface area contributed by atoms with E-state index < -0.39 is 18.5 Å². The van der Waals surface area contributed by atoms with E-state index in [1.807, 2.05) is 0 Å². The number of halogens is 1.